The quantitative estimate of drug-likeness (QED) is 0.651. The Labute approximate surface area is 130 Å². The van der Waals surface area contributed by atoms with Crippen LogP contribution in [0.3, 0.4) is 0 Å². The zero-order chi connectivity index (χ0) is 14.9. The fraction of sp³-hybridized carbons (Fsp3) is 0.684. The molecule has 21 heavy (non-hydrogen) atoms. The van der Waals surface area contributed by atoms with Gasteiger partial charge in [0.2, 0.25) is 0 Å². The molecule has 0 amide bonds. The molecule has 0 heterocycles. The van der Waals surface area contributed by atoms with E-state index in [9.17, 15) is 0 Å². The van der Waals surface area contributed by atoms with Gasteiger partial charge in [0.1, 0.15) is 0 Å². The van der Waals surface area contributed by atoms with E-state index in [1.807, 2.05) is 0 Å². The summed E-state index contributed by atoms with van der Waals surface area (Å²) in [5.41, 5.74) is 2.91. The highest BCUT2D eigenvalue weighted by Gasteiger charge is 2.19. The van der Waals surface area contributed by atoms with Gasteiger partial charge in [-0.25, -0.2) is 0 Å². The van der Waals surface area contributed by atoms with Gasteiger partial charge in [0.05, 0.1) is 0 Å². The van der Waals surface area contributed by atoms with Crippen LogP contribution in [0.15, 0.2) is 24.3 Å². The number of unbranched alkanes of at least 4 members (excludes halogenated alkanes) is 2. The van der Waals surface area contributed by atoms with Gasteiger partial charge in [-0.3, -0.25) is 4.90 Å². The van der Waals surface area contributed by atoms with Crippen molar-refractivity contribution in [3.8, 4) is 0 Å². The largest absolute Gasteiger partial charge is 0.310 e. The van der Waals surface area contributed by atoms with Gasteiger partial charge in [0.15, 0.2) is 0 Å². The second kappa shape index (κ2) is 9.22. The first-order chi connectivity index (χ1) is 10.3. The maximum Gasteiger partial charge on any atom is 0.0233 e. The van der Waals surface area contributed by atoms with Crippen molar-refractivity contribution in [2.24, 2.45) is 0 Å². The number of nitrogens with zero attached hydrogens (tertiary/aromatic N) is 1. The average Bonchev–Trinajstić information content (AvgIpc) is 3.32. The van der Waals surface area contributed by atoms with Crippen molar-refractivity contribution < 1.29 is 0 Å². The molecule has 1 saturated carbocycles. The highest BCUT2D eigenvalue weighted by Crippen LogP contribution is 2.19. The Morgan fingerprint density at radius 1 is 1.05 bits per heavy atom. The van der Waals surface area contributed by atoms with Crippen molar-refractivity contribution in [1.82, 2.24) is 10.2 Å². The highest BCUT2D eigenvalue weighted by atomic mass is 15.1. The van der Waals surface area contributed by atoms with Crippen LogP contribution < -0.4 is 5.32 Å². The van der Waals surface area contributed by atoms with Crippen LogP contribution >= 0.6 is 0 Å². The van der Waals surface area contributed by atoms with Crippen molar-refractivity contribution in [2.75, 3.05) is 13.1 Å². The normalized spacial score (nSPS) is 14.8. The predicted molar refractivity (Wildman–Crippen MR) is 91.4 cm³/mol. The second-order valence-corrected chi connectivity index (χ2v) is 6.46. The molecule has 0 aliphatic heterocycles. The van der Waals surface area contributed by atoms with E-state index in [1.165, 1.54) is 62.7 Å². The fourth-order valence-corrected chi connectivity index (χ4v) is 2.68. The molecule has 118 valence electrons. The van der Waals surface area contributed by atoms with Gasteiger partial charge in [-0.2, -0.15) is 0 Å². The molecule has 2 rings (SSSR count). The molecule has 2 heteroatoms. The Bertz CT molecular complexity index is 390. The van der Waals surface area contributed by atoms with Crippen LogP contribution in [0.1, 0.15) is 63.5 Å². The molecule has 1 N–H and O–H groups in total. The molecule has 2 nitrogen and oxygen atoms in total. The van der Waals surface area contributed by atoms with Crippen LogP contribution in [0, 0.1) is 0 Å². The summed E-state index contributed by atoms with van der Waals surface area (Å²) in [6.07, 6.45) is 7.92. The Kier molecular flexibility index (Phi) is 7.25. The Hall–Kier alpha value is -0.860. The van der Waals surface area contributed by atoms with Crippen LogP contribution in [0.25, 0.3) is 0 Å². The van der Waals surface area contributed by atoms with E-state index >= 15 is 0 Å². The third-order valence-electron chi connectivity index (χ3n) is 4.23. The Morgan fingerprint density at radius 3 is 2.33 bits per heavy atom. The summed E-state index contributed by atoms with van der Waals surface area (Å²) in [6.45, 7) is 9.17. The molecule has 1 aromatic carbocycles. The van der Waals surface area contributed by atoms with E-state index in [-0.39, 0.29) is 0 Å². The third kappa shape index (κ3) is 6.62. The molecule has 0 atom stereocenters. The average molecular weight is 288 g/mol. The lowest BCUT2D eigenvalue weighted by atomic mass is 10.1. The molecule has 1 fully saturated rings. The predicted octanol–water partition coefficient (Wildman–Crippen LogP) is 4.34. The molecule has 0 bridgehead atoms. The van der Waals surface area contributed by atoms with E-state index in [4.69, 9.17) is 0 Å². The van der Waals surface area contributed by atoms with E-state index in [2.05, 4.69) is 48.3 Å². The SMILES string of the molecule is CCCCN(CCCC)Cc1cccc(CNC2CC2)c1. The molecule has 0 spiro atoms. The van der Waals surface area contributed by atoms with Crippen molar-refractivity contribution >= 4 is 0 Å². The summed E-state index contributed by atoms with van der Waals surface area (Å²) >= 11 is 0. The Morgan fingerprint density at radius 2 is 1.71 bits per heavy atom. The van der Waals surface area contributed by atoms with Crippen molar-refractivity contribution in [2.45, 2.75) is 71.5 Å². The first-order valence-electron chi connectivity index (χ1n) is 8.85. The zero-order valence-corrected chi connectivity index (χ0v) is 13.9. The molecule has 1 aromatic rings. The van der Waals surface area contributed by atoms with Crippen molar-refractivity contribution in [1.29, 1.82) is 0 Å². The molecule has 1 aliphatic rings. The molecule has 0 unspecified atom stereocenters. The number of benzene rings is 1. The minimum Gasteiger partial charge on any atom is -0.310 e. The van der Waals surface area contributed by atoms with Crippen LogP contribution in [0.2, 0.25) is 0 Å². The van der Waals surface area contributed by atoms with Crippen LogP contribution in [0.5, 0.6) is 0 Å². The number of rotatable bonds is 11. The van der Waals surface area contributed by atoms with E-state index in [1.54, 1.807) is 0 Å². The summed E-state index contributed by atoms with van der Waals surface area (Å²) in [6, 6.07) is 9.93. The standard InChI is InChI=1S/C19H32N2/c1-3-5-12-21(13-6-4-2)16-18-9-7-8-17(14-18)15-20-19-10-11-19/h7-9,14,19-20H,3-6,10-13,15-16H2,1-2H3. The van der Waals surface area contributed by atoms with Crippen molar-refractivity contribution in [3.63, 3.8) is 0 Å². The Balaban J connectivity index is 1.86. The highest BCUT2D eigenvalue weighted by molar-refractivity contribution is 5.23. The molecule has 1 aliphatic carbocycles. The summed E-state index contributed by atoms with van der Waals surface area (Å²) < 4.78 is 0. The maximum absolute atomic E-state index is 3.61. The third-order valence-corrected chi connectivity index (χ3v) is 4.23. The summed E-state index contributed by atoms with van der Waals surface area (Å²) in [5.74, 6) is 0. The number of nitrogens with one attached hydrogen (secondary N) is 1. The first kappa shape index (κ1) is 16.5. The van der Waals surface area contributed by atoms with Gasteiger partial charge in [0, 0.05) is 19.1 Å². The first-order valence-corrected chi connectivity index (χ1v) is 8.85. The lowest BCUT2D eigenvalue weighted by Gasteiger charge is -2.22. The molecular formula is C19H32N2. The zero-order valence-electron chi connectivity index (χ0n) is 13.9. The van der Waals surface area contributed by atoms with Gasteiger partial charge in [0.25, 0.3) is 0 Å². The lowest BCUT2D eigenvalue weighted by Crippen LogP contribution is -2.25. The second-order valence-electron chi connectivity index (χ2n) is 6.46. The summed E-state index contributed by atoms with van der Waals surface area (Å²) in [4.78, 5) is 2.63. The van der Waals surface area contributed by atoms with E-state index < -0.39 is 0 Å². The molecular weight excluding hydrogens is 256 g/mol. The molecule has 0 radical (unpaired) electrons. The molecule has 0 saturated heterocycles. The van der Waals surface area contributed by atoms with Crippen LogP contribution in [-0.4, -0.2) is 24.0 Å². The van der Waals surface area contributed by atoms with E-state index in [0.29, 0.717) is 0 Å². The summed E-state index contributed by atoms with van der Waals surface area (Å²) in [5, 5.41) is 3.61. The maximum atomic E-state index is 3.61. The number of hydrogen-bond acceptors (Lipinski definition) is 2. The van der Waals surface area contributed by atoms with Gasteiger partial charge >= 0.3 is 0 Å². The lowest BCUT2D eigenvalue weighted by molar-refractivity contribution is 0.257. The van der Waals surface area contributed by atoms with Gasteiger partial charge in [-0.05, 0) is 49.9 Å². The monoisotopic (exact) mass is 288 g/mol. The topological polar surface area (TPSA) is 15.3 Å². The van der Waals surface area contributed by atoms with Crippen LogP contribution in [0.4, 0.5) is 0 Å². The van der Waals surface area contributed by atoms with Gasteiger partial charge in [-0.15, -0.1) is 0 Å². The van der Waals surface area contributed by atoms with Gasteiger partial charge < -0.3 is 5.32 Å². The van der Waals surface area contributed by atoms with E-state index in [0.717, 1.165) is 19.1 Å². The van der Waals surface area contributed by atoms with Gasteiger partial charge in [-0.1, -0.05) is 51.0 Å². The minimum absolute atomic E-state index is 0.791. The summed E-state index contributed by atoms with van der Waals surface area (Å²) in [7, 11) is 0. The minimum atomic E-state index is 0.791. The van der Waals surface area contributed by atoms with Crippen LogP contribution in [-0.2, 0) is 13.1 Å². The molecule has 0 aromatic heterocycles. The number of hydrogen-bond donors (Lipinski definition) is 1. The fourth-order valence-electron chi connectivity index (χ4n) is 2.68. The smallest absolute Gasteiger partial charge is 0.0233 e. The van der Waals surface area contributed by atoms with Crippen molar-refractivity contribution in [3.05, 3.63) is 35.4 Å².